The molecule has 0 unspecified atom stereocenters. The van der Waals surface area contributed by atoms with Crippen molar-refractivity contribution in [2.75, 3.05) is 6.61 Å². The standard InChI is InChI=1S/C22H26BrIN2O3/c1-4-15(2)25-22(28)16(3)26(13-17-6-5-7-18(23)12-17)21(27)14-29-20-10-8-19(24)9-11-20/h5-12,15-16H,4,13-14H2,1-3H3,(H,25,28)/t15-,16-/m0/s1. The van der Waals surface area contributed by atoms with Crippen LogP contribution in [0.2, 0.25) is 0 Å². The Morgan fingerprint density at radius 1 is 1.17 bits per heavy atom. The van der Waals surface area contributed by atoms with E-state index in [1.807, 2.05) is 62.4 Å². The first-order valence-corrected chi connectivity index (χ1v) is 11.4. The Hall–Kier alpha value is -1.61. The Balaban J connectivity index is 2.14. The van der Waals surface area contributed by atoms with E-state index in [9.17, 15) is 9.59 Å². The lowest BCUT2D eigenvalue weighted by atomic mass is 10.1. The summed E-state index contributed by atoms with van der Waals surface area (Å²) in [6.07, 6.45) is 0.827. The van der Waals surface area contributed by atoms with E-state index in [1.54, 1.807) is 11.8 Å². The van der Waals surface area contributed by atoms with Crippen molar-refractivity contribution < 1.29 is 14.3 Å². The van der Waals surface area contributed by atoms with Crippen LogP contribution in [0.3, 0.4) is 0 Å². The predicted molar refractivity (Wildman–Crippen MR) is 127 cm³/mol. The van der Waals surface area contributed by atoms with Crippen molar-refractivity contribution in [3.63, 3.8) is 0 Å². The van der Waals surface area contributed by atoms with Gasteiger partial charge in [0.25, 0.3) is 5.91 Å². The summed E-state index contributed by atoms with van der Waals surface area (Å²) in [5.41, 5.74) is 0.935. The number of nitrogens with one attached hydrogen (secondary N) is 1. The topological polar surface area (TPSA) is 58.6 Å². The molecule has 2 aromatic carbocycles. The summed E-state index contributed by atoms with van der Waals surface area (Å²) in [7, 11) is 0. The fourth-order valence-corrected chi connectivity index (χ4v) is 3.45. The number of carbonyl (C=O) groups excluding carboxylic acids is 2. The van der Waals surface area contributed by atoms with E-state index in [-0.39, 0.29) is 24.5 Å². The summed E-state index contributed by atoms with van der Waals surface area (Å²) in [6, 6.07) is 14.6. The van der Waals surface area contributed by atoms with Crippen LogP contribution in [-0.2, 0) is 16.1 Å². The van der Waals surface area contributed by atoms with Crippen molar-refractivity contribution in [3.05, 3.63) is 62.1 Å². The van der Waals surface area contributed by atoms with E-state index in [0.29, 0.717) is 12.3 Å². The van der Waals surface area contributed by atoms with Gasteiger partial charge >= 0.3 is 0 Å². The second kappa shape index (κ2) is 11.5. The van der Waals surface area contributed by atoms with Gasteiger partial charge in [0, 0.05) is 20.6 Å². The SMILES string of the molecule is CC[C@H](C)NC(=O)[C@H](C)N(Cc1cccc(Br)c1)C(=O)COc1ccc(I)cc1. The first kappa shape index (κ1) is 23.7. The van der Waals surface area contributed by atoms with Crippen LogP contribution in [0.1, 0.15) is 32.8 Å². The molecule has 2 aromatic rings. The summed E-state index contributed by atoms with van der Waals surface area (Å²) in [5.74, 6) is 0.213. The monoisotopic (exact) mass is 572 g/mol. The maximum absolute atomic E-state index is 13.0. The van der Waals surface area contributed by atoms with E-state index in [4.69, 9.17) is 4.74 Å². The normalized spacial score (nSPS) is 12.7. The van der Waals surface area contributed by atoms with Crippen molar-refractivity contribution in [2.45, 2.75) is 45.8 Å². The molecule has 0 heterocycles. The van der Waals surface area contributed by atoms with Crippen LogP contribution in [0.4, 0.5) is 0 Å². The number of ether oxygens (including phenoxy) is 1. The molecule has 0 fully saturated rings. The summed E-state index contributed by atoms with van der Waals surface area (Å²) in [5, 5.41) is 2.96. The second-order valence-corrected chi connectivity index (χ2v) is 9.05. The molecule has 5 nitrogen and oxygen atoms in total. The molecule has 2 atom stereocenters. The van der Waals surface area contributed by atoms with Crippen LogP contribution in [-0.4, -0.2) is 35.4 Å². The molecule has 0 radical (unpaired) electrons. The molecular formula is C22H26BrIN2O3. The lowest BCUT2D eigenvalue weighted by molar-refractivity contribution is -0.142. The minimum absolute atomic E-state index is 0.0517. The van der Waals surface area contributed by atoms with Crippen molar-refractivity contribution in [2.24, 2.45) is 0 Å². The first-order chi connectivity index (χ1) is 13.8. The van der Waals surface area contributed by atoms with Crippen LogP contribution < -0.4 is 10.1 Å². The molecule has 2 amide bonds. The molecular weight excluding hydrogens is 547 g/mol. The number of rotatable bonds is 9. The number of nitrogens with zero attached hydrogens (tertiary/aromatic N) is 1. The summed E-state index contributed by atoms with van der Waals surface area (Å²) >= 11 is 5.67. The summed E-state index contributed by atoms with van der Waals surface area (Å²) in [4.78, 5) is 27.2. The molecule has 156 valence electrons. The fraction of sp³-hybridized carbons (Fsp3) is 0.364. The highest BCUT2D eigenvalue weighted by Gasteiger charge is 2.27. The summed E-state index contributed by atoms with van der Waals surface area (Å²) < 4.78 is 7.68. The number of carbonyl (C=O) groups is 2. The third-order valence-corrected chi connectivity index (χ3v) is 5.80. The number of amides is 2. The molecule has 0 aliphatic carbocycles. The van der Waals surface area contributed by atoms with Gasteiger partial charge in [-0.05, 0) is 84.8 Å². The van der Waals surface area contributed by atoms with Crippen LogP contribution in [0.25, 0.3) is 0 Å². The lowest BCUT2D eigenvalue weighted by Crippen LogP contribution is -2.50. The fourth-order valence-electron chi connectivity index (χ4n) is 2.64. The molecule has 0 aliphatic rings. The molecule has 1 N–H and O–H groups in total. The van der Waals surface area contributed by atoms with Crippen molar-refractivity contribution in [1.29, 1.82) is 0 Å². The van der Waals surface area contributed by atoms with Crippen LogP contribution in [0.15, 0.2) is 53.0 Å². The van der Waals surface area contributed by atoms with Crippen LogP contribution >= 0.6 is 38.5 Å². The van der Waals surface area contributed by atoms with Crippen LogP contribution in [0.5, 0.6) is 5.75 Å². The minimum atomic E-state index is -0.615. The molecule has 7 heteroatoms. The minimum Gasteiger partial charge on any atom is -0.484 e. The quantitative estimate of drug-likeness (QED) is 0.441. The van der Waals surface area contributed by atoms with Gasteiger partial charge in [0.1, 0.15) is 11.8 Å². The molecule has 0 aliphatic heterocycles. The Kier molecular flexibility index (Phi) is 9.42. The second-order valence-electron chi connectivity index (χ2n) is 6.89. The Morgan fingerprint density at radius 2 is 1.86 bits per heavy atom. The molecule has 0 saturated carbocycles. The van der Waals surface area contributed by atoms with E-state index in [1.165, 1.54) is 0 Å². The van der Waals surface area contributed by atoms with Gasteiger partial charge in [-0.3, -0.25) is 9.59 Å². The van der Waals surface area contributed by atoms with Gasteiger partial charge in [0.05, 0.1) is 0 Å². The molecule has 0 bridgehead atoms. The van der Waals surface area contributed by atoms with Gasteiger partial charge in [-0.2, -0.15) is 0 Å². The summed E-state index contributed by atoms with van der Waals surface area (Å²) in [6.45, 7) is 5.90. The zero-order chi connectivity index (χ0) is 21.4. The highest BCUT2D eigenvalue weighted by Crippen LogP contribution is 2.17. The highest BCUT2D eigenvalue weighted by molar-refractivity contribution is 14.1. The lowest BCUT2D eigenvalue weighted by Gasteiger charge is -2.29. The Bertz CT molecular complexity index is 829. The van der Waals surface area contributed by atoms with E-state index in [0.717, 1.165) is 20.0 Å². The predicted octanol–water partition coefficient (Wildman–Crippen LogP) is 4.76. The van der Waals surface area contributed by atoms with E-state index >= 15 is 0 Å². The third kappa shape index (κ3) is 7.62. The molecule has 0 saturated heterocycles. The Labute approximate surface area is 194 Å². The number of hydrogen-bond acceptors (Lipinski definition) is 3. The highest BCUT2D eigenvalue weighted by atomic mass is 127. The smallest absolute Gasteiger partial charge is 0.261 e. The van der Waals surface area contributed by atoms with Crippen LogP contribution in [0, 0.1) is 3.57 Å². The van der Waals surface area contributed by atoms with Crippen molar-refractivity contribution >= 4 is 50.3 Å². The van der Waals surface area contributed by atoms with Gasteiger partial charge in [-0.1, -0.05) is 35.0 Å². The maximum atomic E-state index is 13.0. The van der Waals surface area contributed by atoms with Crippen molar-refractivity contribution in [1.82, 2.24) is 10.2 Å². The van der Waals surface area contributed by atoms with E-state index in [2.05, 4.69) is 43.8 Å². The van der Waals surface area contributed by atoms with Crippen molar-refractivity contribution in [3.8, 4) is 5.75 Å². The van der Waals surface area contributed by atoms with Gasteiger partial charge in [0.2, 0.25) is 5.91 Å². The van der Waals surface area contributed by atoms with Gasteiger partial charge in [0.15, 0.2) is 6.61 Å². The Morgan fingerprint density at radius 3 is 2.48 bits per heavy atom. The first-order valence-electron chi connectivity index (χ1n) is 9.52. The zero-order valence-corrected chi connectivity index (χ0v) is 20.6. The molecule has 0 spiro atoms. The average molecular weight is 573 g/mol. The third-order valence-electron chi connectivity index (χ3n) is 4.59. The number of benzene rings is 2. The maximum Gasteiger partial charge on any atom is 0.261 e. The molecule has 2 rings (SSSR count). The van der Waals surface area contributed by atoms with Gasteiger partial charge < -0.3 is 15.0 Å². The molecule has 29 heavy (non-hydrogen) atoms. The number of halogens is 2. The van der Waals surface area contributed by atoms with E-state index < -0.39 is 6.04 Å². The molecule has 0 aromatic heterocycles. The average Bonchev–Trinajstić information content (AvgIpc) is 2.70. The van der Waals surface area contributed by atoms with Gasteiger partial charge in [-0.15, -0.1) is 0 Å². The zero-order valence-electron chi connectivity index (χ0n) is 16.8. The van der Waals surface area contributed by atoms with Gasteiger partial charge in [-0.25, -0.2) is 0 Å². The number of hydrogen-bond donors (Lipinski definition) is 1. The largest absolute Gasteiger partial charge is 0.484 e.